The van der Waals surface area contributed by atoms with Crippen LogP contribution in [0.4, 0.5) is 5.69 Å². The number of para-hydroxylation sites is 1. The molecule has 0 aromatic heterocycles. The lowest BCUT2D eigenvalue weighted by Crippen LogP contribution is -2.28. The second-order valence-corrected chi connectivity index (χ2v) is 3.21. The molecule has 1 rings (SSSR count). The minimum Gasteiger partial charge on any atom is -0.392 e. The number of thiocarbonyl (C=S) groups is 1. The summed E-state index contributed by atoms with van der Waals surface area (Å²) < 4.78 is 0. The molecule has 0 atom stereocenters. The van der Waals surface area contributed by atoms with Crippen LogP contribution < -0.4 is 10.6 Å². The smallest absolute Gasteiger partial charge is 0.170 e. The van der Waals surface area contributed by atoms with E-state index in [4.69, 9.17) is 17.3 Å². The molecule has 0 aliphatic carbocycles. The Labute approximate surface area is 89.1 Å². The summed E-state index contributed by atoms with van der Waals surface area (Å²) in [4.78, 5) is 0. The van der Waals surface area contributed by atoms with Crippen molar-refractivity contribution >= 4 is 23.0 Å². The van der Waals surface area contributed by atoms with E-state index in [9.17, 15) is 0 Å². The second kappa shape index (κ2) is 5.57. The Kier molecular flexibility index (Phi) is 4.35. The van der Waals surface area contributed by atoms with Gasteiger partial charge in [-0.2, -0.15) is 0 Å². The monoisotopic (exact) mass is 210 g/mol. The zero-order valence-corrected chi connectivity index (χ0v) is 8.90. The summed E-state index contributed by atoms with van der Waals surface area (Å²) in [5, 5.41) is 15.6. The zero-order chi connectivity index (χ0) is 10.4. The molecule has 0 radical (unpaired) electrons. The van der Waals surface area contributed by atoms with E-state index in [-0.39, 0.29) is 6.61 Å². The average Bonchev–Trinajstić information content (AvgIpc) is 2.19. The van der Waals surface area contributed by atoms with Crippen molar-refractivity contribution in [2.45, 2.75) is 13.5 Å². The SMILES string of the molecule is CCNC(=S)Nc1ccccc1CO. The highest BCUT2D eigenvalue weighted by Crippen LogP contribution is 2.14. The van der Waals surface area contributed by atoms with Gasteiger partial charge in [-0.05, 0) is 25.2 Å². The third-order valence-electron chi connectivity index (χ3n) is 1.77. The van der Waals surface area contributed by atoms with Crippen LogP contribution in [-0.4, -0.2) is 16.8 Å². The summed E-state index contributed by atoms with van der Waals surface area (Å²) >= 11 is 5.04. The molecular weight excluding hydrogens is 196 g/mol. The van der Waals surface area contributed by atoms with E-state index >= 15 is 0 Å². The molecule has 0 fully saturated rings. The molecule has 14 heavy (non-hydrogen) atoms. The number of aliphatic hydroxyl groups is 1. The number of anilines is 1. The molecule has 76 valence electrons. The van der Waals surface area contributed by atoms with Crippen molar-refractivity contribution in [3.63, 3.8) is 0 Å². The molecule has 0 unspecified atom stereocenters. The van der Waals surface area contributed by atoms with Crippen LogP contribution >= 0.6 is 12.2 Å². The van der Waals surface area contributed by atoms with E-state index in [0.717, 1.165) is 17.8 Å². The minimum absolute atomic E-state index is 0.0118. The Morgan fingerprint density at radius 1 is 1.43 bits per heavy atom. The molecule has 0 amide bonds. The van der Waals surface area contributed by atoms with Gasteiger partial charge in [0.2, 0.25) is 0 Å². The van der Waals surface area contributed by atoms with Gasteiger partial charge in [-0.15, -0.1) is 0 Å². The molecule has 4 heteroatoms. The van der Waals surface area contributed by atoms with Crippen LogP contribution in [0.15, 0.2) is 24.3 Å². The maximum Gasteiger partial charge on any atom is 0.170 e. The maximum absolute atomic E-state index is 9.06. The number of benzene rings is 1. The predicted octanol–water partition coefficient (Wildman–Crippen LogP) is 1.49. The molecule has 0 aliphatic heterocycles. The van der Waals surface area contributed by atoms with Crippen LogP contribution in [0, 0.1) is 0 Å². The average molecular weight is 210 g/mol. The lowest BCUT2D eigenvalue weighted by molar-refractivity contribution is 0.282. The largest absolute Gasteiger partial charge is 0.392 e. The Bertz CT molecular complexity index is 315. The Morgan fingerprint density at radius 3 is 2.79 bits per heavy atom. The quantitative estimate of drug-likeness (QED) is 0.661. The summed E-state index contributed by atoms with van der Waals surface area (Å²) in [5.41, 5.74) is 1.69. The Hall–Kier alpha value is -1.13. The molecule has 1 aromatic carbocycles. The van der Waals surface area contributed by atoms with Gasteiger partial charge in [-0.3, -0.25) is 0 Å². The van der Waals surface area contributed by atoms with E-state index in [0.29, 0.717) is 5.11 Å². The summed E-state index contributed by atoms with van der Waals surface area (Å²) in [6.07, 6.45) is 0. The summed E-state index contributed by atoms with van der Waals surface area (Å²) in [6, 6.07) is 7.52. The highest BCUT2D eigenvalue weighted by molar-refractivity contribution is 7.80. The molecule has 3 N–H and O–H groups in total. The fraction of sp³-hybridized carbons (Fsp3) is 0.300. The number of hydrogen-bond acceptors (Lipinski definition) is 2. The van der Waals surface area contributed by atoms with Gasteiger partial charge in [0.15, 0.2) is 5.11 Å². The summed E-state index contributed by atoms with van der Waals surface area (Å²) in [5.74, 6) is 0. The van der Waals surface area contributed by atoms with Crippen LogP contribution in [-0.2, 0) is 6.61 Å². The van der Waals surface area contributed by atoms with E-state index in [1.54, 1.807) is 0 Å². The molecule has 1 aromatic rings. The normalized spacial score (nSPS) is 9.57. The first-order valence-electron chi connectivity index (χ1n) is 4.51. The predicted molar refractivity (Wildman–Crippen MR) is 62.3 cm³/mol. The number of rotatable bonds is 3. The first kappa shape index (κ1) is 10.9. The number of aliphatic hydroxyl groups excluding tert-OH is 1. The fourth-order valence-corrected chi connectivity index (χ4v) is 1.36. The number of nitrogens with one attached hydrogen (secondary N) is 2. The lowest BCUT2D eigenvalue weighted by atomic mass is 10.2. The van der Waals surface area contributed by atoms with Gasteiger partial charge in [-0.25, -0.2) is 0 Å². The lowest BCUT2D eigenvalue weighted by Gasteiger charge is -2.11. The Balaban J connectivity index is 2.70. The van der Waals surface area contributed by atoms with Gasteiger partial charge >= 0.3 is 0 Å². The molecule has 0 saturated carbocycles. The van der Waals surface area contributed by atoms with Gasteiger partial charge in [0.25, 0.3) is 0 Å². The first-order valence-corrected chi connectivity index (χ1v) is 4.92. The van der Waals surface area contributed by atoms with E-state index in [2.05, 4.69) is 10.6 Å². The molecule has 0 saturated heterocycles. The van der Waals surface area contributed by atoms with Crippen LogP contribution in [0.25, 0.3) is 0 Å². The summed E-state index contributed by atoms with van der Waals surface area (Å²) in [7, 11) is 0. The minimum atomic E-state index is 0.0118. The van der Waals surface area contributed by atoms with Crippen LogP contribution in [0.5, 0.6) is 0 Å². The van der Waals surface area contributed by atoms with Crippen LogP contribution in [0.2, 0.25) is 0 Å². The fourth-order valence-electron chi connectivity index (χ4n) is 1.11. The van der Waals surface area contributed by atoms with Crippen molar-refractivity contribution in [2.75, 3.05) is 11.9 Å². The van der Waals surface area contributed by atoms with Crippen molar-refractivity contribution in [1.82, 2.24) is 5.32 Å². The maximum atomic E-state index is 9.06. The van der Waals surface area contributed by atoms with Crippen LogP contribution in [0.3, 0.4) is 0 Å². The molecule has 0 heterocycles. The molecule has 0 bridgehead atoms. The molecular formula is C10H14N2OS. The van der Waals surface area contributed by atoms with Gasteiger partial charge in [0.05, 0.1) is 6.61 Å². The van der Waals surface area contributed by atoms with Crippen molar-refractivity contribution in [3.05, 3.63) is 29.8 Å². The highest BCUT2D eigenvalue weighted by Gasteiger charge is 2.00. The van der Waals surface area contributed by atoms with E-state index in [1.807, 2.05) is 31.2 Å². The van der Waals surface area contributed by atoms with Crippen molar-refractivity contribution in [1.29, 1.82) is 0 Å². The topological polar surface area (TPSA) is 44.3 Å². The van der Waals surface area contributed by atoms with Gasteiger partial charge in [0.1, 0.15) is 0 Å². The Morgan fingerprint density at radius 2 is 2.14 bits per heavy atom. The third-order valence-corrected chi connectivity index (χ3v) is 2.02. The summed E-state index contributed by atoms with van der Waals surface area (Å²) in [6.45, 7) is 2.77. The highest BCUT2D eigenvalue weighted by atomic mass is 32.1. The van der Waals surface area contributed by atoms with E-state index in [1.165, 1.54) is 0 Å². The van der Waals surface area contributed by atoms with Crippen molar-refractivity contribution < 1.29 is 5.11 Å². The van der Waals surface area contributed by atoms with Gasteiger partial charge in [0, 0.05) is 17.8 Å². The second-order valence-electron chi connectivity index (χ2n) is 2.80. The molecule has 3 nitrogen and oxygen atoms in total. The van der Waals surface area contributed by atoms with E-state index < -0.39 is 0 Å². The van der Waals surface area contributed by atoms with Crippen molar-refractivity contribution in [3.8, 4) is 0 Å². The van der Waals surface area contributed by atoms with Crippen LogP contribution in [0.1, 0.15) is 12.5 Å². The standard InChI is InChI=1S/C10H14N2OS/c1-2-11-10(14)12-9-6-4-3-5-8(9)7-13/h3-6,13H,2,7H2,1H3,(H2,11,12,14). The molecule has 0 spiro atoms. The third kappa shape index (κ3) is 2.97. The molecule has 0 aliphatic rings. The first-order chi connectivity index (χ1) is 6.77. The number of hydrogen-bond donors (Lipinski definition) is 3. The van der Waals surface area contributed by atoms with Gasteiger partial charge in [-0.1, -0.05) is 18.2 Å². The zero-order valence-electron chi connectivity index (χ0n) is 8.08. The van der Waals surface area contributed by atoms with Gasteiger partial charge < -0.3 is 15.7 Å². The van der Waals surface area contributed by atoms with Crippen molar-refractivity contribution in [2.24, 2.45) is 0 Å².